The van der Waals surface area contributed by atoms with Crippen LogP contribution in [0.2, 0.25) is 0 Å². The minimum atomic E-state index is -1.15. The van der Waals surface area contributed by atoms with Crippen molar-refractivity contribution in [2.24, 2.45) is 0 Å². The second-order valence-corrected chi connectivity index (χ2v) is 3.82. The third-order valence-electron chi connectivity index (χ3n) is 2.63. The first-order chi connectivity index (χ1) is 7.60. The van der Waals surface area contributed by atoms with E-state index in [2.05, 4.69) is 4.98 Å². The van der Waals surface area contributed by atoms with E-state index in [4.69, 9.17) is 0 Å². The van der Waals surface area contributed by atoms with Gasteiger partial charge in [0.05, 0.1) is 0 Å². The van der Waals surface area contributed by atoms with Crippen molar-refractivity contribution in [3.05, 3.63) is 65.7 Å². The lowest BCUT2D eigenvalue weighted by atomic mass is 9.89. The predicted octanol–water partition coefficient (Wildman–Crippen LogP) is 2.48. The number of hydrogen-bond donors (Lipinski definition) is 1. The van der Waals surface area contributed by atoms with E-state index in [9.17, 15) is 9.50 Å². The number of hydrogen-bond acceptors (Lipinski definition) is 2. The highest BCUT2D eigenvalue weighted by molar-refractivity contribution is 5.33. The summed E-state index contributed by atoms with van der Waals surface area (Å²) in [5.41, 5.74) is 0.172. The minimum absolute atomic E-state index is 0.314. The molecule has 3 heteroatoms. The van der Waals surface area contributed by atoms with Crippen LogP contribution in [0.5, 0.6) is 0 Å². The van der Waals surface area contributed by atoms with Crippen LogP contribution in [0, 0.1) is 5.82 Å². The number of halogens is 1. The Kier molecular flexibility index (Phi) is 2.71. The summed E-state index contributed by atoms with van der Waals surface area (Å²) in [6.07, 6.45) is 3.24. The molecule has 1 unspecified atom stereocenters. The topological polar surface area (TPSA) is 33.1 Å². The number of rotatable bonds is 2. The van der Waals surface area contributed by atoms with E-state index < -0.39 is 5.60 Å². The molecule has 0 aliphatic rings. The monoisotopic (exact) mass is 217 g/mol. The van der Waals surface area contributed by atoms with E-state index in [0.717, 1.165) is 0 Å². The van der Waals surface area contributed by atoms with Gasteiger partial charge in [-0.25, -0.2) is 4.39 Å². The number of pyridine rings is 1. The lowest BCUT2D eigenvalue weighted by Crippen LogP contribution is -2.22. The zero-order chi connectivity index (χ0) is 11.6. The van der Waals surface area contributed by atoms with Crippen molar-refractivity contribution in [1.82, 2.24) is 4.98 Å². The highest BCUT2D eigenvalue weighted by Crippen LogP contribution is 2.28. The summed E-state index contributed by atoms with van der Waals surface area (Å²) < 4.78 is 12.8. The second-order valence-electron chi connectivity index (χ2n) is 3.82. The largest absolute Gasteiger partial charge is 0.381 e. The van der Waals surface area contributed by atoms with Crippen molar-refractivity contribution in [2.45, 2.75) is 12.5 Å². The number of aromatic nitrogens is 1. The van der Waals surface area contributed by atoms with E-state index >= 15 is 0 Å². The molecular formula is C13H12FNO. The van der Waals surface area contributed by atoms with Gasteiger partial charge >= 0.3 is 0 Å². The SMILES string of the molecule is CC(O)(c1ccc(F)cc1)c1cccnc1. The lowest BCUT2D eigenvalue weighted by Gasteiger charge is -2.23. The zero-order valence-corrected chi connectivity index (χ0v) is 8.89. The van der Waals surface area contributed by atoms with Gasteiger partial charge in [0.15, 0.2) is 0 Å². The quantitative estimate of drug-likeness (QED) is 0.838. The smallest absolute Gasteiger partial charge is 0.123 e. The van der Waals surface area contributed by atoms with Crippen LogP contribution in [0.1, 0.15) is 18.1 Å². The Morgan fingerprint density at radius 1 is 1.12 bits per heavy atom. The molecule has 2 nitrogen and oxygen atoms in total. The number of aliphatic hydroxyl groups is 1. The van der Waals surface area contributed by atoms with Crippen LogP contribution in [0.3, 0.4) is 0 Å². The average molecular weight is 217 g/mol. The Balaban J connectivity index is 2.43. The van der Waals surface area contributed by atoms with Crippen molar-refractivity contribution < 1.29 is 9.50 Å². The molecule has 1 heterocycles. The highest BCUT2D eigenvalue weighted by Gasteiger charge is 2.25. The third kappa shape index (κ3) is 1.95. The predicted molar refractivity (Wildman–Crippen MR) is 59.3 cm³/mol. The summed E-state index contributed by atoms with van der Waals surface area (Å²) in [6.45, 7) is 1.66. The van der Waals surface area contributed by atoms with E-state index in [1.807, 2.05) is 0 Å². The normalized spacial score (nSPS) is 14.4. The maximum absolute atomic E-state index is 12.8. The average Bonchev–Trinajstić information content (AvgIpc) is 2.31. The van der Waals surface area contributed by atoms with Gasteiger partial charge in [-0.3, -0.25) is 4.98 Å². The van der Waals surface area contributed by atoms with Gasteiger partial charge in [0.2, 0.25) is 0 Å². The Morgan fingerprint density at radius 3 is 2.38 bits per heavy atom. The van der Waals surface area contributed by atoms with Gasteiger partial charge in [-0.15, -0.1) is 0 Å². The molecule has 0 amide bonds. The molecule has 2 aromatic rings. The molecule has 0 bridgehead atoms. The Hall–Kier alpha value is -1.74. The van der Waals surface area contributed by atoms with Crippen molar-refractivity contribution in [1.29, 1.82) is 0 Å². The fraction of sp³-hybridized carbons (Fsp3) is 0.154. The molecule has 1 atom stereocenters. The fourth-order valence-electron chi connectivity index (χ4n) is 1.59. The van der Waals surface area contributed by atoms with E-state index in [1.165, 1.54) is 12.1 Å². The molecule has 0 saturated heterocycles. The molecule has 0 aliphatic carbocycles. The van der Waals surface area contributed by atoms with Gasteiger partial charge in [-0.1, -0.05) is 18.2 Å². The summed E-state index contributed by atoms with van der Waals surface area (Å²) in [7, 11) is 0. The standard InChI is InChI=1S/C13H12FNO/c1-13(16,11-3-2-8-15-9-11)10-4-6-12(14)7-5-10/h2-9,16H,1H3. The van der Waals surface area contributed by atoms with Gasteiger partial charge in [-0.05, 0) is 30.7 Å². The molecule has 0 fully saturated rings. The van der Waals surface area contributed by atoms with E-state index in [1.54, 1.807) is 43.6 Å². The maximum atomic E-state index is 12.8. The summed E-state index contributed by atoms with van der Waals surface area (Å²) in [5, 5.41) is 10.4. The molecule has 16 heavy (non-hydrogen) atoms. The molecule has 1 aromatic heterocycles. The molecule has 1 N–H and O–H groups in total. The van der Waals surface area contributed by atoms with Gasteiger partial charge in [0.25, 0.3) is 0 Å². The number of benzene rings is 1. The fourth-order valence-corrected chi connectivity index (χ4v) is 1.59. The lowest BCUT2D eigenvalue weighted by molar-refractivity contribution is 0.102. The molecule has 82 valence electrons. The molecule has 0 aliphatic heterocycles. The summed E-state index contributed by atoms with van der Waals surface area (Å²) in [5.74, 6) is -0.314. The first kappa shape index (κ1) is 10.8. The summed E-state index contributed by atoms with van der Waals surface area (Å²) in [4.78, 5) is 3.96. The van der Waals surface area contributed by atoms with E-state index in [-0.39, 0.29) is 5.82 Å². The van der Waals surface area contributed by atoms with Crippen LogP contribution in [-0.4, -0.2) is 10.1 Å². The first-order valence-corrected chi connectivity index (χ1v) is 4.99. The molecule has 0 saturated carbocycles. The molecule has 1 aromatic carbocycles. The van der Waals surface area contributed by atoms with Crippen LogP contribution in [-0.2, 0) is 5.60 Å². The van der Waals surface area contributed by atoms with Crippen LogP contribution in [0.25, 0.3) is 0 Å². The maximum Gasteiger partial charge on any atom is 0.123 e. The number of nitrogens with zero attached hydrogens (tertiary/aromatic N) is 1. The van der Waals surface area contributed by atoms with Gasteiger partial charge < -0.3 is 5.11 Å². The van der Waals surface area contributed by atoms with Crippen LogP contribution in [0.4, 0.5) is 4.39 Å². The summed E-state index contributed by atoms with van der Waals surface area (Å²) >= 11 is 0. The highest BCUT2D eigenvalue weighted by atomic mass is 19.1. The second kappa shape index (κ2) is 4.02. The third-order valence-corrected chi connectivity index (χ3v) is 2.63. The molecular weight excluding hydrogens is 205 g/mol. The van der Waals surface area contributed by atoms with Crippen molar-refractivity contribution in [3.8, 4) is 0 Å². The Morgan fingerprint density at radius 2 is 1.81 bits per heavy atom. The van der Waals surface area contributed by atoms with Gasteiger partial charge in [-0.2, -0.15) is 0 Å². The van der Waals surface area contributed by atoms with Crippen molar-refractivity contribution in [3.63, 3.8) is 0 Å². The molecule has 2 rings (SSSR count). The van der Waals surface area contributed by atoms with Gasteiger partial charge in [0, 0.05) is 18.0 Å². The van der Waals surface area contributed by atoms with Crippen LogP contribution in [0.15, 0.2) is 48.8 Å². The van der Waals surface area contributed by atoms with Crippen molar-refractivity contribution in [2.75, 3.05) is 0 Å². The Bertz CT molecular complexity index is 465. The Labute approximate surface area is 93.4 Å². The van der Waals surface area contributed by atoms with Crippen LogP contribution >= 0.6 is 0 Å². The minimum Gasteiger partial charge on any atom is -0.381 e. The van der Waals surface area contributed by atoms with Crippen molar-refractivity contribution >= 4 is 0 Å². The van der Waals surface area contributed by atoms with Gasteiger partial charge in [0.1, 0.15) is 11.4 Å². The zero-order valence-electron chi connectivity index (χ0n) is 8.89. The van der Waals surface area contributed by atoms with E-state index in [0.29, 0.717) is 11.1 Å². The molecule has 0 spiro atoms. The summed E-state index contributed by atoms with van der Waals surface area (Å²) in [6, 6.07) is 9.36. The molecule has 0 radical (unpaired) electrons. The van der Waals surface area contributed by atoms with Crippen LogP contribution < -0.4 is 0 Å². The first-order valence-electron chi connectivity index (χ1n) is 4.99.